The molecule has 38 heavy (non-hydrogen) atoms. The second kappa shape index (κ2) is 10.4. The van der Waals surface area contributed by atoms with E-state index in [-0.39, 0.29) is 24.1 Å². The van der Waals surface area contributed by atoms with Gasteiger partial charge in [-0.1, -0.05) is 24.6 Å². The summed E-state index contributed by atoms with van der Waals surface area (Å²) >= 11 is 0. The van der Waals surface area contributed by atoms with Crippen molar-refractivity contribution in [2.45, 2.75) is 70.6 Å². The van der Waals surface area contributed by atoms with E-state index in [4.69, 9.17) is 4.74 Å². The van der Waals surface area contributed by atoms with E-state index >= 15 is 0 Å². The van der Waals surface area contributed by atoms with Gasteiger partial charge in [0.1, 0.15) is 18.4 Å². The van der Waals surface area contributed by atoms with Crippen LogP contribution in [-0.2, 0) is 29.1 Å². The number of nitrogens with zero attached hydrogens (tertiary/aromatic N) is 3. The first-order chi connectivity index (χ1) is 18.5. The van der Waals surface area contributed by atoms with E-state index in [1.165, 1.54) is 29.7 Å². The summed E-state index contributed by atoms with van der Waals surface area (Å²) in [5.74, 6) is -0.0643. The van der Waals surface area contributed by atoms with Crippen LogP contribution in [0.2, 0.25) is 0 Å². The highest BCUT2D eigenvalue weighted by Crippen LogP contribution is 2.34. The van der Waals surface area contributed by atoms with Gasteiger partial charge in [0.15, 0.2) is 0 Å². The lowest BCUT2D eigenvalue weighted by atomic mass is 10.00. The highest BCUT2D eigenvalue weighted by Gasteiger charge is 2.39. The summed E-state index contributed by atoms with van der Waals surface area (Å²) in [7, 11) is 0. The van der Waals surface area contributed by atoms with Crippen molar-refractivity contribution < 1.29 is 19.1 Å². The molecule has 4 heterocycles. The van der Waals surface area contributed by atoms with Gasteiger partial charge in [0.05, 0.1) is 0 Å². The molecule has 1 unspecified atom stereocenters. The van der Waals surface area contributed by atoms with Crippen LogP contribution in [0.25, 0.3) is 0 Å². The number of carbonyl (C=O) groups excluding carboxylic acids is 3. The molecule has 200 valence electrons. The van der Waals surface area contributed by atoms with E-state index in [0.717, 1.165) is 50.3 Å². The first-order valence-electron chi connectivity index (χ1n) is 14.0. The van der Waals surface area contributed by atoms with E-state index < -0.39 is 6.04 Å². The Morgan fingerprint density at radius 3 is 2.74 bits per heavy atom. The van der Waals surface area contributed by atoms with Gasteiger partial charge in [-0.15, -0.1) is 0 Å². The number of benzene rings is 2. The van der Waals surface area contributed by atoms with Crippen LogP contribution in [0.5, 0.6) is 5.75 Å². The molecule has 1 N–H and O–H groups in total. The zero-order valence-electron chi connectivity index (χ0n) is 22.1. The molecule has 2 fully saturated rings. The average molecular weight is 517 g/mol. The van der Waals surface area contributed by atoms with Gasteiger partial charge in [-0.2, -0.15) is 0 Å². The molecule has 4 aliphatic heterocycles. The molecule has 2 aromatic carbocycles. The number of carbonyl (C=O) groups is 3. The largest absolute Gasteiger partial charge is 0.492 e. The van der Waals surface area contributed by atoms with Gasteiger partial charge >= 0.3 is 0 Å². The Hall–Kier alpha value is -3.39. The molecule has 0 aromatic heterocycles. The Balaban J connectivity index is 1.12. The number of amides is 3. The minimum absolute atomic E-state index is 0.156. The molecule has 3 amide bonds. The fourth-order valence-corrected chi connectivity index (χ4v) is 6.57. The van der Waals surface area contributed by atoms with Crippen LogP contribution in [0.15, 0.2) is 36.4 Å². The van der Waals surface area contributed by atoms with Gasteiger partial charge in [-0.25, -0.2) is 0 Å². The van der Waals surface area contributed by atoms with Crippen LogP contribution in [0.1, 0.15) is 66.1 Å². The first-order valence-corrected chi connectivity index (χ1v) is 14.0. The lowest BCUT2D eigenvalue weighted by Crippen LogP contribution is -2.52. The number of anilines is 1. The predicted octanol–water partition coefficient (Wildman–Crippen LogP) is 3.26. The van der Waals surface area contributed by atoms with Crippen molar-refractivity contribution in [2.24, 2.45) is 0 Å². The number of likely N-dealkylation sites (tertiary alicyclic amines) is 1. The summed E-state index contributed by atoms with van der Waals surface area (Å²) < 4.78 is 6.32. The molecular formula is C30H36N4O4. The summed E-state index contributed by atoms with van der Waals surface area (Å²) in [5.41, 5.74) is 5.80. The summed E-state index contributed by atoms with van der Waals surface area (Å²) in [6.07, 6.45) is 5.28. The molecule has 0 aliphatic carbocycles. The molecule has 0 radical (unpaired) electrons. The molecule has 2 aromatic rings. The lowest BCUT2D eigenvalue weighted by Gasteiger charge is -2.36. The van der Waals surface area contributed by atoms with Gasteiger partial charge in [-0.05, 0) is 74.0 Å². The van der Waals surface area contributed by atoms with Gasteiger partial charge in [0.25, 0.3) is 5.91 Å². The second-order valence-electron chi connectivity index (χ2n) is 10.9. The first kappa shape index (κ1) is 24.9. The van der Waals surface area contributed by atoms with Crippen molar-refractivity contribution in [3.8, 4) is 5.75 Å². The summed E-state index contributed by atoms with van der Waals surface area (Å²) in [6, 6.07) is 12.1. The molecule has 2 saturated heterocycles. The Morgan fingerprint density at radius 2 is 1.89 bits per heavy atom. The Bertz CT molecular complexity index is 1260. The van der Waals surface area contributed by atoms with Crippen LogP contribution in [0.3, 0.4) is 0 Å². The van der Waals surface area contributed by atoms with Crippen LogP contribution >= 0.6 is 0 Å². The van der Waals surface area contributed by atoms with E-state index in [1.54, 1.807) is 4.90 Å². The molecule has 8 heteroatoms. The number of rotatable bonds is 7. The summed E-state index contributed by atoms with van der Waals surface area (Å²) in [4.78, 5) is 43.5. The van der Waals surface area contributed by atoms with Crippen LogP contribution in [0.4, 0.5) is 5.69 Å². The molecule has 0 bridgehead atoms. The quantitative estimate of drug-likeness (QED) is 0.569. The van der Waals surface area contributed by atoms with Crippen LogP contribution < -0.4 is 15.0 Å². The zero-order valence-corrected chi connectivity index (χ0v) is 22.1. The Kier molecular flexibility index (Phi) is 6.82. The van der Waals surface area contributed by atoms with E-state index in [0.29, 0.717) is 31.2 Å². The highest BCUT2D eigenvalue weighted by atomic mass is 16.5. The van der Waals surface area contributed by atoms with Gasteiger partial charge in [0, 0.05) is 49.9 Å². The normalized spacial score (nSPS) is 23.4. The molecule has 8 nitrogen and oxygen atoms in total. The van der Waals surface area contributed by atoms with Gasteiger partial charge in [-0.3, -0.25) is 24.6 Å². The maximum atomic E-state index is 13.0. The lowest BCUT2D eigenvalue weighted by molar-refractivity contribution is -0.136. The highest BCUT2D eigenvalue weighted by molar-refractivity contribution is 6.05. The molecule has 6 rings (SSSR count). The SMILES string of the molecule is CCN1CCc2cccc(CN3CCCC[C@@H]3COc3ccc4c(c3)CN(C3CCC(=O)NC3=O)C4=O)c21. The van der Waals surface area contributed by atoms with Gasteiger partial charge in [0.2, 0.25) is 11.8 Å². The molecule has 0 spiro atoms. The van der Waals surface area contributed by atoms with E-state index in [1.807, 2.05) is 18.2 Å². The third kappa shape index (κ3) is 4.66. The second-order valence-corrected chi connectivity index (χ2v) is 10.9. The fraction of sp³-hybridized carbons (Fsp3) is 0.500. The minimum atomic E-state index is -0.601. The number of fused-ring (bicyclic) bond motifs is 2. The van der Waals surface area contributed by atoms with Crippen molar-refractivity contribution in [1.29, 1.82) is 0 Å². The standard InChI is InChI=1S/C30H36N4O4/c1-2-32-15-13-20-6-5-7-21(28(20)32)17-33-14-4-3-8-23(33)19-38-24-9-10-25-22(16-24)18-34(30(25)37)26-11-12-27(35)31-29(26)36/h5-7,9-10,16,23,26H,2-4,8,11-15,17-19H2,1H3,(H,31,35,36)/t23-,26?/m1/s1. The third-order valence-corrected chi connectivity index (χ3v) is 8.61. The van der Waals surface area contributed by atoms with Crippen molar-refractivity contribution >= 4 is 23.4 Å². The number of piperidine rings is 2. The number of nitrogens with one attached hydrogen (secondary N) is 1. The maximum Gasteiger partial charge on any atom is 0.255 e. The third-order valence-electron chi connectivity index (χ3n) is 8.61. The van der Waals surface area contributed by atoms with Crippen molar-refractivity contribution in [3.05, 3.63) is 58.7 Å². The average Bonchev–Trinajstić information content (AvgIpc) is 3.49. The van der Waals surface area contributed by atoms with E-state index in [9.17, 15) is 14.4 Å². The summed E-state index contributed by atoms with van der Waals surface area (Å²) in [6.45, 7) is 7.36. The number of hydrogen-bond donors (Lipinski definition) is 1. The molecule has 0 saturated carbocycles. The molecule has 2 atom stereocenters. The van der Waals surface area contributed by atoms with Crippen LogP contribution in [0, 0.1) is 0 Å². The monoisotopic (exact) mass is 516 g/mol. The number of hydrogen-bond acceptors (Lipinski definition) is 6. The Labute approximate surface area is 223 Å². The van der Waals surface area contributed by atoms with Crippen LogP contribution in [-0.4, -0.2) is 65.8 Å². The van der Waals surface area contributed by atoms with E-state index in [2.05, 4.69) is 40.2 Å². The summed E-state index contributed by atoms with van der Waals surface area (Å²) in [5, 5.41) is 2.36. The van der Waals surface area contributed by atoms with Crippen molar-refractivity contribution in [1.82, 2.24) is 15.1 Å². The zero-order chi connectivity index (χ0) is 26.2. The predicted molar refractivity (Wildman–Crippen MR) is 144 cm³/mol. The molecule has 4 aliphatic rings. The number of likely N-dealkylation sites (N-methyl/N-ethyl adjacent to an activating group) is 1. The number of imide groups is 1. The molecular weight excluding hydrogens is 480 g/mol. The number of ether oxygens (including phenoxy) is 1. The van der Waals surface area contributed by atoms with Gasteiger partial charge < -0.3 is 14.5 Å². The van der Waals surface area contributed by atoms with Crippen molar-refractivity contribution in [3.63, 3.8) is 0 Å². The Morgan fingerprint density at radius 1 is 1.00 bits per heavy atom. The fourth-order valence-electron chi connectivity index (χ4n) is 6.57. The smallest absolute Gasteiger partial charge is 0.255 e. The maximum absolute atomic E-state index is 13.0. The number of para-hydroxylation sites is 1. The van der Waals surface area contributed by atoms with Crippen molar-refractivity contribution in [2.75, 3.05) is 31.1 Å². The topological polar surface area (TPSA) is 82.2 Å². The minimum Gasteiger partial charge on any atom is -0.492 e.